The smallest absolute Gasteiger partial charge is 0.232 e. The van der Waals surface area contributed by atoms with Gasteiger partial charge in [-0.15, -0.1) is 0 Å². The molecule has 1 aromatic heterocycles. The van der Waals surface area contributed by atoms with E-state index in [0.29, 0.717) is 31.3 Å². The largest absolute Gasteiger partial charge is 0.497 e. The molecule has 7 nitrogen and oxygen atoms in total. The Morgan fingerprint density at radius 1 is 1.10 bits per heavy atom. The molecule has 1 atom stereocenters. The molecule has 30 heavy (non-hydrogen) atoms. The molecule has 1 saturated heterocycles. The van der Waals surface area contributed by atoms with Gasteiger partial charge in [0.2, 0.25) is 17.6 Å². The standard InChI is InChI=1S/C23H25N3O4/c1-3-4-13-29-20-9-5-16(6-10-20)22-24-23(30-25-22)17-14-21(27)26(15-17)18-7-11-19(28-2)12-8-18/h5-12,17H,3-4,13-15H2,1-2H3. The summed E-state index contributed by atoms with van der Waals surface area (Å²) in [6.07, 6.45) is 2.48. The van der Waals surface area contributed by atoms with Crippen LogP contribution in [0, 0.1) is 0 Å². The van der Waals surface area contributed by atoms with Gasteiger partial charge in [-0.2, -0.15) is 4.98 Å². The van der Waals surface area contributed by atoms with Crippen molar-refractivity contribution in [1.29, 1.82) is 0 Å². The van der Waals surface area contributed by atoms with E-state index in [1.54, 1.807) is 12.0 Å². The average Bonchev–Trinajstić information content (AvgIpc) is 3.42. The number of carbonyl (C=O) groups is 1. The summed E-state index contributed by atoms with van der Waals surface area (Å²) in [5.74, 6) is 2.49. The molecule has 156 valence electrons. The van der Waals surface area contributed by atoms with Gasteiger partial charge in [-0.05, 0) is 55.0 Å². The fourth-order valence-corrected chi connectivity index (χ4v) is 3.44. The van der Waals surface area contributed by atoms with Crippen LogP contribution < -0.4 is 14.4 Å². The number of hydrogen-bond donors (Lipinski definition) is 0. The van der Waals surface area contributed by atoms with Crippen molar-refractivity contribution in [2.24, 2.45) is 0 Å². The van der Waals surface area contributed by atoms with Crippen molar-refractivity contribution >= 4 is 11.6 Å². The zero-order chi connectivity index (χ0) is 20.9. The monoisotopic (exact) mass is 407 g/mol. The lowest BCUT2D eigenvalue weighted by Gasteiger charge is -2.16. The van der Waals surface area contributed by atoms with Gasteiger partial charge in [-0.3, -0.25) is 4.79 Å². The molecule has 1 aliphatic heterocycles. The van der Waals surface area contributed by atoms with E-state index in [9.17, 15) is 4.79 Å². The lowest BCUT2D eigenvalue weighted by molar-refractivity contribution is -0.117. The maximum absolute atomic E-state index is 12.5. The zero-order valence-electron chi connectivity index (χ0n) is 17.2. The minimum Gasteiger partial charge on any atom is -0.497 e. The number of benzene rings is 2. The van der Waals surface area contributed by atoms with E-state index >= 15 is 0 Å². The van der Waals surface area contributed by atoms with E-state index in [-0.39, 0.29) is 11.8 Å². The summed E-state index contributed by atoms with van der Waals surface area (Å²) in [6, 6.07) is 15.1. The van der Waals surface area contributed by atoms with Crippen LogP contribution in [0.2, 0.25) is 0 Å². The topological polar surface area (TPSA) is 77.7 Å². The summed E-state index contributed by atoms with van der Waals surface area (Å²) in [4.78, 5) is 18.8. The zero-order valence-corrected chi connectivity index (χ0v) is 17.2. The number of unbranched alkanes of at least 4 members (excludes halogenated alkanes) is 1. The van der Waals surface area contributed by atoms with Crippen molar-refractivity contribution in [3.05, 3.63) is 54.4 Å². The van der Waals surface area contributed by atoms with Gasteiger partial charge in [0.15, 0.2) is 0 Å². The van der Waals surface area contributed by atoms with Gasteiger partial charge in [0.1, 0.15) is 11.5 Å². The SMILES string of the molecule is CCCCOc1ccc(-c2noc(C3CC(=O)N(c4ccc(OC)cc4)C3)n2)cc1. The lowest BCUT2D eigenvalue weighted by Crippen LogP contribution is -2.24. The molecule has 1 amide bonds. The number of nitrogens with zero attached hydrogens (tertiary/aromatic N) is 3. The third-order valence-corrected chi connectivity index (χ3v) is 5.18. The number of amides is 1. The molecule has 0 spiro atoms. The van der Waals surface area contributed by atoms with Crippen molar-refractivity contribution in [1.82, 2.24) is 10.1 Å². The molecule has 2 aromatic carbocycles. The fourth-order valence-electron chi connectivity index (χ4n) is 3.44. The molecule has 0 bridgehead atoms. The molecule has 7 heteroatoms. The number of rotatable bonds is 8. The molecule has 0 aliphatic carbocycles. The second kappa shape index (κ2) is 8.98. The van der Waals surface area contributed by atoms with Gasteiger partial charge in [-0.1, -0.05) is 18.5 Å². The van der Waals surface area contributed by atoms with Crippen LogP contribution in [-0.4, -0.2) is 36.3 Å². The second-order valence-electron chi connectivity index (χ2n) is 7.29. The van der Waals surface area contributed by atoms with Gasteiger partial charge < -0.3 is 18.9 Å². The first-order valence-corrected chi connectivity index (χ1v) is 10.2. The Labute approximate surface area is 175 Å². The van der Waals surface area contributed by atoms with Crippen LogP contribution in [0.15, 0.2) is 53.1 Å². The van der Waals surface area contributed by atoms with Crippen LogP contribution in [0.3, 0.4) is 0 Å². The second-order valence-corrected chi connectivity index (χ2v) is 7.29. The van der Waals surface area contributed by atoms with Crippen molar-refractivity contribution in [3.63, 3.8) is 0 Å². The predicted octanol–water partition coefficient (Wildman–Crippen LogP) is 4.44. The molecular weight excluding hydrogens is 382 g/mol. The van der Waals surface area contributed by atoms with E-state index < -0.39 is 0 Å². The van der Waals surface area contributed by atoms with Crippen molar-refractivity contribution in [2.75, 3.05) is 25.2 Å². The van der Waals surface area contributed by atoms with E-state index in [0.717, 1.165) is 35.6 Å². The molecule has 0 N–H and O–H groups in total. The fraction of sp³-hybridized carbons (Fsp3) is 0.348. The number of hydrogen-bond acceptors (Lipinski definition) is 6. The third kappa shape index (κ3) is 4.30. The molecular formula is C23H25N3O4. The van der Waals surface area contributed by atoms with Crippen molar-refractivity contribution < 1.29 is 18.8 Å². The highest BCUT2D eigenvalue weighted by Gasteiger charge is 2.35. The number of anilines is 1. The minimum atomic E-state index is -0.127. The molecule has 1 fully saturated rings. The van der Waals surface area contributed by atoms with Gasteiger partial charge in [-0.25, -0.2) is 0 Å². The van der Waals surface area contributed by atoms with Gasteiger partial charge in [0, 0.05) is 24.2 Å². The third-order valence-electron chi connectivity index (χ3n) is 5.18. The summed E-state index contributed by atoms with van der Waals surface area (Å²) in [5, 5.41) is 4.11. The highest BCUT2D eigenvalue weighted by molar-refractivity contribution is 5.96. The highest BCUT2D eigenvalue weighted by Crippen LogP contribution is 2.32. The van der Waals surface area contributed by atoms with E-state index in [4.69, 9.17) is 14.0 Å². The first kappa shape index (κ1) is 19.9. The Morgan fingerprint density at radius 2 is 1.83 bits per heavy atom. The maximum atomic E-state index is 12.5. The van der Waals surface area contributed by atoms with Gasteiger partial charge in [0.05, 0.1) is 19.6 Å². The van der Waals surface area contributed by atoms with Gasteiger partial charge >= 0.3 is 0 Å². The Kier molecular flexibility index (Phi) is 5.97. The number of ether oxygens (including phenoxy) is 2. The molecule has 1 aliphatic rings. The molecule has 0 radical (unpaired) electrons. The average molecular weight is 407 g/mol. The minimum absolute atomic E-state index is 0.0403. The highest BCUT2D eigenvalue weighted by atomic mass is 16.5. The summed E-state index contributed by atoms with van der Waals surface area (Å²) >= 11 is 0. The van der Waals surface area contributed by atoms with Crippen LogP contribution >= 0.6 is 0 Å². The quantitative estimate of drug-likeness (QED) is 0.514. The van der Waals surface area contributed by atoms with Crippen LogP contribution in [0.5, 0.6) is 11.5 Å². The van der Waals surface area contributed by atoms with Crippen LogP contribution in [0.1, 0.15) is 38.0 Å². The summed E-state index contributed by atoms with van der Waals surface area (Å²) in [7, 11) is 1.62. The summed E-state index contributed by atoms with van der Waals surface area (Å²) in [5.41, 5.74) is 1.69. The Bertz CT molecular complexity index is 982. The van der Waals surface area contributed by atoms with E-state index in [1.165, 1.54) is 0 Å². The van der Waals surface area contributed by atoms with Gasteiger partial charge in [0.25, 0.3) is 0 Å². The first-order valence-electron chi connectivity index (χ1n) is 10.2. The lowest BCUT2D eigenvalue weighted by atomic mass is 10.1. The Balaban J connectivity index is 1.43. The number of methoxy groups -OCH3 is 1. The van der Waals surface area contributed by atoms with Crippen LogP contribution in [0.4, 0.5) is 5.69 Å². The molecule has 3 aromatic rings. The van der Waals surface area contributed by atoms with Crippen molar-refractivity contribution in [2.45, 2.75) is 32.1 Å². The molecule has 2 heterocycles. The summed E-state index contributed by atoms with van der Waals surface area (Å²) < 4.78 is 16.4. The Morgan fingerprint density at radius 3 is 2.53 bits per heavy atom. The normalized spacial score (nSPS) is 16.1. The summed E-state index contributed by atoms with van der Waals surface area (Å²) in [6.45, 7) is 3.36. The number of carbonyl (C=O) groups excluding carboxylic acids is 1. The number of aromatic nitrogens is 2. The maximum Gasteiger partial charge on any atom is 0.232 e. The molecule has 4 rings (SSSR count). The van der Waals surface area contributed by atoms with Crippen LogP contribution in [-0.2, 0) is 4.79 Å². The van der Waals surface area contributed by atoms with E-state index in [2.05, 4.69) is 17.1 Å². The molecule has 0 saturated carbocycles. The Hall–Kier alpha value is -3.35. The first-order chi connectivity index (χ1) is 14.7. The van der Waals surface area contributed by atoms with Crippen molar-refractivity contribution in [3.8, 4) is 22.9 Å². The predicted molar refractivity (Wildman–Crippen MR) is 113 cm³/mol. The molecule has 1 unspecified atom stereocenters. The van der Waals surface area contributed by atoms with Crippen LogP contribution in [0.25, 0.3) is 11.4 Å². The van der Waals surface area contributed by atoms with E-state index in [1.807, 2.05) is 48.5 Å².